The minimum atomic E-state index is -2.01. The molecule has 0 bridgehead atoms. The van der Waals surface area contributed by atoms with Gasteiger partial charge in [-0.25, -0.2) is 0 Å². The van der Waals surface area contributed by atoms with Gasteiger partial charge in [0.15, 0.2) is 11.6 Å². The summed E-state index contributed by atoms with van der Waals surface area (Å²) in [4.78, 5) is 11.3. The average molecular weight is 199 g/mol. The molecule has 4 nitrogen and oxygen atoms in total. The van der Waals surface area contributed by atoms with Crippen molar-refractivity contribution < 1.29 is 15.0 Å². The van der Waals surface area contributed by atoms with Crippen LogP contribution in [0.4, 0.5) is 0 Å². The zero-order valence-electron chi connectivity index (χ0n) is 8.20. The number of nitrogens with two attached hydrogens (primary N) is 1. The molecule has 0 aromatic heterocycles. The SMILES string of the molecule is NCC(O)(O)C1=CC(=O)CCCCC1. The summed E-state index contributed by atoms with van der Waals surface area (Å²) in [5, 5.41) is 19.0. The van der Waals surface area contributed by atoms with Gasteiger partial charge in [0.1, 0.15) is 0 Å². The Hall–Kier alpha value is -0.710. The van der Waals surface area contributed by atoms with Crippen LogP contribution in [0.25, 0.3) is 0 Å². The van der Waals surface area contributed by atoms with E-state index in [9.17, 15) is 15.0 Å². The third-order valence-electron chi connectivity index (χ3n) is 2.50. The molecule has 0 unspecified atom stereocenters. The van der Waals surface area contributed by atoms with Crippen molar-refractivity contribution >= 4 is 5.78 Å². The Bertz CT molecular complexity index is 246. The molecule has 0 aliphatic heterocycles. The highest BCUT2D eigenvalue weighted by Crippen LogP contribution is 2.22. The molecule has 1 aliphatic rings. The van der Waals surface area contributed by atoms with Gasteiger partial charge in [-0.2, -0.15) is 0 Å². The molecule has 0 aromatic rings. The number of ketones is 1. The second-order valence-corrected chi connectivity index (χ2v) is 3.72. The van der Waals surface area contributed by atoms with Crippen LogP contribution >= 0.6 is 0 Å². The van der Waals surface area contributed by atoms with Gasteiger partial charge in [0.05, 0.1) is 6.54 Å². The van der Waals surface area contributed by atoms with Crippen LogP contribution in [0.2, 0.25) is 0 Å². The molecule has 4 N–H and O–H groups in total. The van der Waals surface area contributed by atoms with Gasteiger partial charge in [-0.1, -0.05) is 6.42 Å². The molecule has 1 aliphatic carbocycles. The van der Waals surface area contributed by atoms with Crippen molar-refractivity contribution in [1.29, 1.82) is 0 Å². The van der Waals surface area contributed by atoms with Crippen LogP contribution < -0.4 is 5.73 Å². The lowest BCUT2D eigenvalue weighted by molar-refractivity contribution is -0.125. The summed E-state index contributed by atoms with van der Waals surface area (Å²) in [6, 6.07) is 0. The lowest BCUT2D eigenvalue weighted by Crippen LogP contribution is -2.40. The number of allylic oxidation sites excluding steroid dienone is 1. The summed E-state index contributed by atoms with van der Waals surface area (Å²) in [6.07, 6.45) is 5.08. The van der Waals surface area contributed by atoms with E-state index in [1.165, 1.54) is 6.08 Å². The van der Waals surface area contributed by atoms with Gasteiger partial charge in [0, 0.05) is 6.42 Å². The van der Waals surface area contributed by atoms with E-state index in [1.54, 1.807) is 0 Å². The van der Waals surface area contributed by atoms with Gasteiger partial charge in [0.2, 0.25) is 0 Å². The largest absolute Gasteiger partial charge is 0.361 e. The van der Waals surface area contributed by atoms with Gasteiger partial charge in [0.25, 0.3) is 0 Å². The molecule has 0 atom stereocenters. The molecule has 0 saturated heterocycles. The number of hydrogen-bond donors (Lipinski definition) is 3. The van der Waals surface area contributed by atoms with E-state index in [2.05, 4.69) is 0 Å². The molecule has 0 saturated carbocycles. The van der Waals surface area contributed by atoms with Crippen LogP contribution in [0.15, 0.2) is 11.6 Å². The maximum absolute atomic E-state index is 11.3. The van der Waals surface area contributed by atoms with Crippen LogP contribution in [0.3, 0.4) is 0 Å². The van der Waals surface area contributed by atoms with E-state index in [0.717, 1.165) is 19.3 Å². The fourth-order valence-electron chi connectivity index (χ4n) is 1.58. The van der Waals surface area contributed by atoms with E-state index in [4.69, 9.17) is 5.73 Å². The van der Waals surface area contributed by atoms with Crippen molar-refractivity contribution in [2.75, 3.05) is 6.54 Å². The molecule has 0 spiro atoms. The Morgan fingerprint density at radius 2 is 1.93 bits per heavy atom. The van der Waals surface area contributed by atoms with Crippen molar-refractivity contribution in [2.45, 2.75) is 37.9 Å². The second kappa shape index (κ2) is 4.68. The van der Waals surface area contributed by atoms with Gasteiger partial charge in [-0.05, 0) is 30.9 Å². The molecule has 4 heteroatoms. The smallest absolute Gasteiger partial charge is 0.198 e. The summed E-state index contributed by atoms with van der Waals surface area (Å²) in [6.45, 7) is -0.272. The van der Waals surface area contributed by atoms with Crippen molar-refractivity contribution in [3.63, 3.8) is 0 Å². The lowest BCUT2D eigenvalue weighted by Gasteiger charge is -2.24. The van der Waals surface area contributed by atoms with Crippen LogP contribution in [0.1, 0.15) is 32.1 Å². The Kier molecular flexibility index (Phi) is 3.80. The second-order valence-electron chi connectivity index (χ2n) is 3.72. The summed E-state index contributed by atoms with van der Waals surface area (Å²) in [5.74, 6) is -2.05. The predicted molar refractivity (Wildman–Crippen MR) is 52.4 cm³/mol. The number of carbonyl (C=O) groups excluding carboxylic acids is 1. The van der Waals surface area contributed by atoms with Gasteiger partial charge in [-0.3, -0.25) is 4.79 Å². The Morgan fingerprint density at radius 3 is 2.57 bits per heavy atom. The van der Waals surface area contributed by atoms with Crippen molar-refractivity contribution in [1.82, 2.24) is 0 Å². The Morgan fingerprint density at radius 1 is 1.29 bits per heavy atom. The van der Waals surface area contributed by atoms with Crippen molar-refractivity contribution in [3.8, 4) is 0 Å². The number of rotatable bonds is 2. The molecule has 0 heterocycles. The highest BCUT2D eigenvalue weighted by Gasteiger charge is 2.27. The van der Waals surface area contributed by atoms with E-state index in [0.29, 0.717) is 18.4 Å². The summed E-state index contributed by atoms with van der Waals surface area (Å²) in [5.41, 5.74) is 5.57. The summed E-state index contributed by atoms with van der Waals surface area (Å²) < 4.78 is 0. The molecule has 14 heavy (non-hydrogen) atoms. The molecule has 0 fully saturated rings. The van der Waals surface area contributed by atoms with Crippen molar-refractivity contribution in [2.24, 2.45) is 5.73 Å². The molecule has 0 radical (unpaired) electrons. The minimum absolute atomic E-state index is 0.0411. The third-order valence-corrected chi connectivity index (χ3v) is 2.50. The van der Waals surface area contributed by atoms with E-state index >= 15 is 0 Å². The number of hydrogen-bond acceptors (Lipinski definition) is 4. The van der Waals surface area contributed by atoms with Gasteiger partial charge >= 0.3 is 0 Å². The molecule has 0 amide bonds. The van der Waals surface area contributed by atoms with Crippen LogP contribution in [-0.4, -0.2) is 28.3 Å². The van der Waals surface area contributed by atoms with Crippen LogP contribution in [0, 0.1) is 0 Å². The first kappa shape index (κ1) is 11.4. The van der Waals surface area contributed by atoms with E-state index < -0.39 is 5.79 Å². The first-order chi connectivity index (χ1) is 6.56. The fraction of sp³-hybridized carbons (Fsp3) is 0.700. The van der Waals surface area contributed by atoms with Crippen LogP contribution in [-0.2, 0) is 4.79 Å². The predicted octanol–water partition coefficient (Wildman–Crippen LogP) is 0.0856. The Labute approximate surface area is 83.4 Å². The lowest BCUT2D eigenvalue weighted by atomic mass is 9.94. The van der Waals surface area contributed by atoms with E-state index in [1.807, 2.05) is 0 Å². The molecule has 80 valence electrons. The summed E-state index contributed by atoms with van der Waals surface area (Å²) >= 11 is 0. The highest BCUT2D eigenvalue weighted by atomic mass is 16.5. The van der Waals surface area contributed by atoms with Crippen LogP contribution in [0.5, 0.6) is 0 Å². The maximum atomic E-state index is 11.3. The van der Waals surface area contributed by atoms with Gasteiger partial charge in [-0.15, -0.1) is 0 Å². The quantitative estimate of drug-likeness (QED) is 0.550. The van der Waals surface area contributed by atoms with Crippen molar-refractivity contribution in [3.05, 3.63) is 11.6 Å². The monoisotopic (exact) mass is 199 g/mol. The molecular weight excluding hydrogens is 182 g/mol. The number of carbonyl (C=O) groups is 1. The van der Waals surface area contributed by atoms with E-state index in [-0.39, 0.29) is 12.3 Å². The molecule has 0 aromatic carbocycles. The molecule has 1 rings (SSSR count). The fourth-order valence-corrected chi connectivity index (χ4v) is 1.58. The zero-order chi connectivity index (χ0) is 10.6. The Balaban J connectivity index is 2.82. The standard InChI is InChI=1S/C10H17NO3/c11-7-10(13,14)8-4-2-1-3-5-9(12)6-8/h6,13-14H,1-5,7,11H2. The minimum Gasteiger partial charge on any atom is -0.361 e. The zero-order valence-corrected chi connectivity index (χ0v) is 8.20. The third kappa shape index (κ3) is 2.90. The summed E-state index contributed by atoms with van der Waals surface area (Å²) in [7, 11) is 0. The maximum Gasteiger partial charge on any atom is 0.198 e. The average Bonchev–Trinajstić information content (AvgIpc) is 2.11. The normalized spacial score (nSPS) is 19.9. The first-order valence-corrected chi connectivity index (χ1v) is 4.95. The topological polar surface area (TPSA) is 83.6 Å². The first-order valence-electron chi connectivity index (χ1n) is 4.95. The van der Waals surface area contributed by atoms with Gasteiger partial charge < -0.3 is 15.9 Å². The number of aliphatic hydroxyl groups is 2. The molecular formula is C10H17NO3. The highest BCUT2D eigenvalue weighted by molar-refractivity contribution is 5.90.